The molecule has 1 N–H and O–H groups in total. The van der Waals surface area contributed by atoms with Crippen molar-refractivity contribution in [2.45, 2.75) is 76.3 Å². The van der Waals surface area contributed by atoms with Gasteiger partial charge in [-0.15, -0.1) is 0 Å². The molecule has 3 fully saturated rings. The van der Waals surface area contributed by atoms with Crippen LogP contribution in [0.1, 0.15) is 46.5 Å². The zero-order valence-corrected chi connectivity index (χ0v) is 14.8. The maximum atomic E-state index is 12.1. The lowest BCUT2D eigenvalue weighted by Crippen LogP contribution is -2.68. The minimum Gasteiger partial charge on any atom is -0.385 e. The lowest BCUT2D eigenvalue weighted by molar-refractivity contribution is -0.337. The molecule has 0 aromatic rings. The third-order valence-corrected chi connectivity index (χ3v) is 4.96. The third kappa shape index (κ3) is 3.46. The first kappa shape index (κ1) is 18.1. The molecule has 1 spiro atoms. The first-order chi connectivity index (χ1) is 11.4. The van der Waals surface area contributed by atoms with Crippen LogP contribution in [0.5, 0.6) is 0 Å². The van der Waals surface area contributed by atoms with Gasteiger partial charge in [-0.05, 0) is 20.3 Å². The van der Waals surface area contributed by atoms with Crippen LogP contribution in [-0.2, 0) is 23.7 Å². The number of carbonyl (C=O) groups is 1. The number of aliphatic hydroxyl groups is 1. The molecule has 24 heavy (non-hydrogen) atoms. The number of fused-ring (bicyclic) bond motifs is 1. The zero-order chi connectivity index (χ0) is 17.4. The Bertz CT molecular complexity index is 470. The highest BCUT2D eigenvalue weighted by Crippen LogP contribution is 2.40. The van der Waals surface area contributed by atoms with Crippen LogP contribution in [0, 0.1) is 0 Å². The summed E-state index contributed by atoms with van der Waals surface area (Å²) in [6.45, 7) is 6.88. The third-order valence-electron chi connectivity index (χ3n) is 4.96. The summed E-state index contributed by atoms with van der Waals surface area (Å²) in [5.74, 6) is -2.03. The van der Waals surface area contributed by atoms with Gasteiger partial charge in [-0.2, -0.15) is 0 Å². The Hall–Kier alpha value is -0.730. The summed E-state index contributed by atoms with van der Waals surface area (Å²) < 4.78 is 23.1. The number of hydrogen-bond acceptors (Lipinski definition) is 6. The molecule has 7 heteroatoms. The van der Waals surface area contributed by atoms with E-state index in [1.165, 1.54) is 0 Å². The highest BCUT2D eigenvalue weighted by atomic mass is 16.8. The molecule has 0 radical (unpaired) electrons. The molecule has 3 aliphatic heterocycles. The van der Waals surface area contributed by atoms with Crippen molar-refractivity contribution in [1.29, 1.82) is 0 Å². The number of aliphatic hydroxyl groups excluding tert-OH is 1. The number of carbonyl (C=O) groups excluding carboxylic acids is 1. The number of rotatable bonds is 5. The second-order valence-corrected chi connectivity index (χ2v) is 7.37. The van der Waals surface area contributed by atoms with E-state index < -0.39 is 23.8 Å². The fourth-order valence-electron chi connectivity index (χ4n) is 3.69. The molecule has 0 bridgehead atoms. The lowest BCUT2D eigenvalue weighted by atomic mass is 9.95. The standard InChI is InChI=1S/C17H29NO6/c1-4-5-6-7-8-18-11-17(22-10-13(18)19)15(20)14-12(9-21-17)23-16(2,3)24-14/h12,14-15,20H,4-11H2,1-3H3/t12-,14-,15+,17+/m1/s1. The number of morpholine rings is 1. The summed E-state index contributed by atoms with van der Waals surface area (Å²) in [5, 5.41) is 10.8. The SMILES string of the molecule is CCCCCCN1C[C@@]2(OCC1=O)OC[C@H]1OC(C)(C)O[C@H]1[C@@H]2O. The molecule has 0 aromatic carbocycles. The Labute approximate surface area is 143 Å². The molecule has 0 aromatic heterocycles. The quantitative estimate of drug-likeness (QED) is 0.752. The predicted molar refractivity (Wildman–Crippen MR) is 85.2 cm³/mol. The molecule has 3 saturated heterocycles. The fraction of sp³-hybridized carbons (Fsp3) is 0.941. The molecule has 3 aliphatic rings. The Morgan fingerprint density at radius 1 is 1.21 bits per heavy atom. The monoisotopic (exact) mass is 343 g/mol. The summed E-state index contributed by atoms with van der Waals surface area (Å²) in [4.78, 5) is 13.9. The topological polar surface area (TPSA) is 77.5 Å². The lowest BCUT2D eigenvalue weighted by Gasteiger charge is -2.48. The van der Waals surface area contributed by atoms with E-state index in [4.69, 9.17) is 18.9 Å². The average molecular weight is 343 g/mol. The van der Waals surface area contributed by atoms with E-state index in [2.05, 4.69) is 6.92 Å². The number of amides is 1. The highest BCUT2D eigenvalue weighted by molar-refractivity contribution is 5.78. The van der Waals surface area contributed by atoms with Gasteiger partial charge in [0.25, 0.3) is 0 Å². The second kappa shape index (κ2) is 6.88. The molecule has 7 nitrogen and oxygen atoms in total. The van der Waals surface area contributed by atoms with Gasteiger partial charge in [-0.3, -0.25) is 4.79 Å². The van der Waals surface area contributed by atoms with Gasteiger partial charge < -0.3 is 29.0 Å². The molecule has 0 saturated carbocycles. The predicted octanol–water partition coefficient (Wildman–Crippen LogP) is 1.03. The second-order valence-electron chi connectivity index (χ2n) is 7.37. The number of ether oxygens (including phenoxy) is 4. The largest absolute Gasteiger partial charge is 0.385 e. The van der Waals surface area contributed by atoms with Gasteiger partial charge in [-0.1, -0.05) is 26.2 Å². The van der Waals surface area contributed by atoms with Gasteiger partial charge in [0.05, 0.1) is 13.2 Å². The van der Waals surface area contributed by atoms with Crippen LogP contribution in [0.2, 0.25) is 0 Å². The van der Waals surface area contributed by atoms with E-state index in [9.17, 15) is 9.90 Å². The highest BCUT2D eigenvalue weighted by Gasteiger charge is 2.59. The smallest absolute Gasteiger partial charge is 0.248 e. The van der Waals surface area contributed by atoms with E-state index in [1.54, 1.807) is 4.90 Å². The normalized spacial score (nSPS) is 38.6. The van der Waals surface area contributed by atoms with Gasteiger partial charge in [0.1, 0.15) is 24.9 Å². The molecule has 0 unspecified atom stereocenters. The maximum absolute atomic E-state index is 12.1. The van der Waals surface area contributed by atoms with Crippen molar-refractivity contribution in [2.24, 2.45) is 0 Å². The van der Waals surface area contributed by atoms with E-state index in [-0.39, 0.29) is 31.8 Å². The summed E-state index contributed by atoms with van der Waals surface area (Å²) >= 11 is 0. The number of unbranched alkanes of at least 4 members (excludes halogenated alkanes) is 3. The minimum absolute atomic E-state index is 0.0565. The van der Waals surface area contributed by atoms with Crippen LogP contribution in [0.4, 0.5) is 0 Å². The summed E-state index contributed by atoms with van der Waals surface area (Å²) in [6.07, 6.45) is 2.52. The van der Waals surface area contributed by atoms with Gasteiger partial charge in [0.15, 0.2) is 5.79 Å². The maximum Gasteiger partial charge on any atom is 0.248 e. The summed E-state index contributed by atoms with van der Waals surface area (Å²) in [5.41, 5.74) is 0. The number of hydrogen-bond donors (Lipinski definition) is 1. The molecular formula is C17H29NO6. The first-order valence-electron chi connectivity index (χ1n) is 8.96. The van der Waals surface area contributed by atoms with Gasteiger partial charge in [-0.25, -0.2) is 0 Å². The molecule has 3 rings (SSSR count). The van der Waals surface area contributed by atoms with Crippen molar-refractivity contribution in [3.8, 4) is 0 Å². The molecule has 1 amide bonds. The van der Waals surface area contributed by atoms with Crippen LogP contribution in [-0.4, -0.2) is 72.1 Å². The van der Waals surface area contributed by atoms with Crippen LogP contribution in [0.3, 0.4) is 0 Å². The van der Waals surface area contributed by atoms with Gasteiger partial charge in [0, 0.05) is 6.54 Å². The van der Waals surface area contributed by atoms with E-state index in [0.29, 0.717) is 6.54 Å². The van der Waals surface area contributed by atoms with E-state index >= 15 is 0 Å². The van der Waals surface area contributed by atoms with Crippen LogP contribution in [0.25, 0.3) is 0 Å². The average Bonchev–Trinajstić information content (AvgIpc) is 2.86. The Morgan fingerprint density at radius 2 is 2.00 bits per heavy atom. The molecule has 0 aliphatic carbocycles. The summed E-state index contributed by atoms with van der Waals surface area (Å²) in [6, 6.07) is 0. The first-order valence-corrected chi connectivity index (χ1v) is 8.96. The Morgan fingerprint density at radius 3 is 2.75 bits per heavy atom. The fourth-order valence-corrected chi connectivity index (χ4v) is 3.69. The van der Waals surface area contributed by atoms with Gasteiger partial charge in [0.2, 0.25) is 11.7 Å². The van der Waals surface area contributed by atoms with Crippen molar-refractivity contribution in [1.82, 2.24) is 4.90 Å². The summed E-state index contributed by atoms with van der Waals surface area (Å²) in [7, 11) is 0. The Balaban J connectivity index is 1.65. The minimum atomic E-state index is -1.22. The molecular weight excluding hydrogens is 314 g/mol. The van der Waals surface area contributed by atoms with Crippen LogP contribution < -0.4 is 0 Å². The molecule has 138 valence electrons. The van der Waals surface area contributed by atoms with Crippen molar-refractivity contribution >= 4 is 5.91 Å². The van der Waals surface area contributed by atoms with Crippen LogP contribution >= 0.6 is 0 Å². The zero-order valence-electron chi connectivity index (χ0n) is 14.8. The van der Waals surface area contributed by atoms with Crippen LogP contribution in [0.15, 0.2) is 0 Å². The van der Waals surface area contributed by atoms with Crippen molar-refractivity contribution in [3.05, 3.63) is 0 Å². The van der Waals surface area contributed by atoms with E-state index in [1.807, 2.05) is 13.8 Å². The molecule has 3 heterocycles. The number of nitrogens with zero attached hydrogens (tertiary/aromatic N) is 1. The van der Waals surface area contributed by atoms with Crippen molar-refractivity contribution in [2.75, 3.05) is 26.3 Å². The molecule has 4 atom stereocenters. The van der Waals surface area contributed by atoms with E-state index in [0.717, 1.165) is 25.7 Å². The van der Waals surface area contributed by atoms with Crippen molar-refractivity contribution < 1.29 is 28.8 Å². The van der Waals surface area contributed by atoms with Gasteiger partial charge >= 0.3 is 0 Å². The van der Waals surface area contributed by atoms with Crippen molar-refractivity contribution in [3.63, 3.8) is 0 Å². The Kier molecular flexibility index (Phi) is 5.18.